The Labute approximate surface area is 115 Å². The minimum Gasteiger partial charge on any atom is -0.481 e. The van der Waals surface area contributed by atoms with E-state index in [1.54, 1.807) is 13.0 Å². The lowest BCUT2D eigenvalue weighted by Crippen LogP contribution is -2.29. The lowest BCUT2D eigenvalue weighted by Gasteiger charge is -2.16. The Kier molecular flexibility index (Phi) is 4.90. The van der Waals surface area contributed by atoms with Crippen molar-refractivity contribution in [3.05, 3.63) is 28.2 Å². The molecular formula is C13H16BrNO3. The number of carboxylic acids is 1. The van der Waals surface area contributed by atoms with Crippen LogP contribution in [0.4, 0.5) is 5.69 Å². The zero-order chi connectivity index (χ0) is 13.9. The van der Waals surface area contributed by atoms with E-state index in [9.17, 15) is 9.59 Å². The molecule has 1 amide bonds. The maximum absolute atomic E-state index is 11.9. The predicted molar refractivity (Wildman–Crippen MR) is 73.5 cm³/mol. The van der Waals surface area contributed by atoms with Crippen molar-refractivity contribution >= 4 is 33.5 Å². The highest BCUT2D eigenvalue weighted by Crippen LogP contribution is 2.21. The van der Waals surface area contributed by atoms with Gasteiger partial charge in [-0.05, 0) is 30.7 Å². The van der Waals surface area contributed by atoms with Crippen LogP contribution in [0.3, 0.4) is 0 Å². The van der Waals surface area contributed by atoms with Crippen molar-refractivity contribution in [2.24, 2.45) is 11.8 Å². The maximum atomic E-state index is 11.9. The predicted octanol–water partition coefficient (Wildman–Crippen LogP) is 3.05. The van der Waals surface area contributed by atoms with Crippen LogP contribution in [-0.2, 0) is 9.59 Å². The summed E-state index contributed by atoms with van der Waals surface area (Å²) in [6, 6.07) is 5.54. The number of nitrogens with one attached hydrogen (secondary N) is 1. The summed E-state index contributed by atoms with van der Waals surface area (Å²) >= 11 is 3.35. The molecule has 0 fully saturated rings. The van der Waals surface area contributed by atoms with Crippen LogP contribution in [0.2, 0.25) is 0 Å². The summed E-state index contributed by atoms with van der Waals surface area (Å²) in [4.78, 5) is 22.7. The molecule has 18 heavy (non-hydrogen) atoms. The highest BCUT2D eigenvalue weighted by molar-refractivity contribution is 9.10. The van der Waals surface area contributed by atoms with Crippen molar-refractivity contribution in [1.82, 2.24) is 0 Å². The van der Waals surface area contributed by atoms with Crippen LogP contribution >= 0.6 is 15.9 Å². The van der Waals surface area contributed by atoms with Crippen molar-refractivity contribution in [2.45, 2.75) is 20.8 Å². The summed E-state index contributed by atoms with van der Waals surface area (Å²) in [7, 11) is 0. The van der Waals surface area contributed by atoms with Crippen LogP contribution in [0, 0.1) is 18.8 Å². The van der Waals surface area contributed by atoms with Crippen LogP contribution in [0.25, 0.3) is 0 Å². The van der Waals surface area contributed by atoms with E-state index in [-0.39, 0.29) is 5.91 Å². The highest BCUT2D eigenvalue weighted by atomic mass is 79.9. The molecule has 2 atom stereocenters. The largest absolute Gasteiger partial charge is 0.481 e. The first-order valence-electron chi connectivity index (χ1n) is 5.62. The van der Waals surface area contributed by atoms with Crippen LogP contribution in [-0.4, -0.2) is 17.0 Å². The van der Waals surface area contributed by atoms with Crippen LogP contribution in [0.5, 0.6) is 0 Å². The number of hydrogen-bond donors (Lipinski definition) is 2. The molecule has 0 aliphatic heterocycles. The zero-order valence-corrected chi connectivity index (χ0v) is 12.1. The quantitative estimate of drug-likeness (QED) is 0.897. The van der Waals surface area contributed by atoms with Gasteiger partial charge in [-0.2, -0.15) is 0 Å². The number of rotatable bonds is 4. The third-order valence-electron chi connectivity index (χ3n) is 2.86. The molecular weight excluding hydrogens is 298 g/mol. The standard InChI is InChI=1S/C13H16BrNO3/c1-7-4-10(14)6-11(5-7)15-12(16)8(2)9(3)13(17)18/h4-6,8-9H,1-3H3,(H,15,16)(H,17,18). The minimum absolute atomic E-state index is 0.289. The molecule has 4 nitrogen and oxygen atoms in total. The normalized spacial score (nSPS) is 13.8. The Hall–Kier alpha value is -1.36. The summed E-state index contributed by atoms with van der Waals surface area (Å²) in [5.74, 6) is -2.55. The van der Waals surface area contributed by atoms with Gasteiger partial charge < -0.3 is 10.4 Å². The molecule has 0 saturated carbocycles. The summed E-state index contributed by atoms with van der Waals surface area (Å²) in [5, 5.41) is 11.6. The molecule has 0 aliphatic carbocycles. The first-order valence-corrected chi connectivity index (χ1v) is 6.41. The molecule has 1 rings (SSSR count). The minimum atomic E-state index is -0.969. The van der Waals surface area contributed by atoms with Crippen LogP contribution < -0.4 is 5.32 Å². The molecule has 1 aromatic carbocycles. The second-order valence-electron chi connectivity index (χ2n) is 4.42. The first kappa shape index (κ1) is 14.7. The molecule has 0 aliphatic rings. The van der Waals surface area contributed by atoms with Gasteiger partial charge in [0.25, 0.3) is 0 Å². The molecule has 0 spiro atoms. The third-order valence-corrected chi connectivity index (χ3v) is 3.32. The Morgan fingerprint density at radius 2 is 1.83 bits per heavy atom. The van der Waals surface area contributed by atoms with E-state index in [1.807, 2.05) is 19.1 Å². The number of aliphatic carboxylic acids is 1. The van der Waals surface area contributed by atoms with Crippen molar-refractivity contribution in [3.63, 3.8) is 0 Å². The monoisotopic (exact) mass is 313 g/mol. The third kappa shape index (κ3) is 3.84. The lowest BCUT2D eigenvalue weighted by atomic mass is 9.95. The van der Waals surface area contributed by atoms with Gasteiger partial charge in [-0.15, -0.1) is 0 Å². The SMILES string of the molecule is Cc1cc(Br)cc(NC(=O)C(C)C(C)C(=O)O)c1. The van der Waals surface area contributed by atoms with E-state index in [0.29, 0.717) is 5.69 Å². The fourth-order valence-electron chi connectivity index (χ4n) is 1.51. The Morgan fingerprint density at radius 1 is 1.22 bits per heavy atom. The number of carbonyl (C=O) groups excluding carboxylic acids is 1. The van der Waals surface area contributed by atoms with E-state index in [4.69, 9.17) is 5.11 Å². The Morgan fingerprint density at radius 3 is 2.33 bits per heavy atom. The molecule has 0 bridgehead atoms. The van der Waals surface area contributed by atoms with Gasteiger partial charge in [-0.1, -0.05) is 29.8 Å². The van der Waals surface area contributed by atoms with Crippen LogP contribution in [0.15, 0.2) is 22.7 Å². The number of carbonyl (C=O) groups is 2. The van der Waals surface area contributed by atoms with E-state index < -0.39 is 17.8 Å². The molecule has 1 aromatic rings. The summed E-state index contributed by atoms with van der Waals surface area (Å²) in [5.41, 5.74) is 1.68. The van der Waals surface area contributed by atoms with Gasteiger partial charge in [0.1, 0.15) is 0 Å². The second kappa shape index (κ2) is 6.00. The number of aryl methyl sites for hydroxylation is 1. The Balaban J connectivity index is 2.78. The molecule has 98 valence electrons. The van der Waals surface area contributed by atoms with Gasteiger partial charge in [0.2, 0.25) is 5.91 Å². The second-order valence-corrected chi connectivity index (χ2v) is 5.34. The van der Waals surface area contributed by atoms with E-state index in [0.717, 1.165) is 10.0 Å². The number of carboxylic acid groups (broad SMARTS) is 1. The number of halogens is 1. The number of benzene rings is 1. The first-order chi connectivity index (χ1) is 8.31. The van der Waals surface area contributed by atoms with Crippen molar-refractivity contribution in [1.29, 1.82) is 0 Å². The van der Waals surface area contributed by atoms with Crippen molar-refractivity contribution in [2.75, 3.05) is 5.32 Å². The van der Waals surface area contributed by atoms with Crippen molar-refractivity contribution in [3.8, 4) is 0 Å². The highest BCUT2D eigenvalue weighted by Gasteiger charge is 2.25. The molecule has 2 N–H and O–H groups in total. The fourth-order valence-corrected chi connectivity index (χ4v) is 2.11. The summed E-state index contributed by atoms with van der Waals surface area (Å²) < 4.78 is 0.872. The smallest absolute Gasteiger partial charge is 0.307 e. The maximum Gasteiger partial charge on any atom is 0.307 e. The van der Waals surface area contributed by atoms with E-state index in [1.165, 1.54) is 6.92 Å². The molecule has 0 aromatic heterocycles. The molecule has 0 saturated heterocycles. The Bertz CT molecular complexity index is 453. The van der Waals surface area contributed by atoms with Crippen molar-refractivity contribution < 1.29 is 14.7 Å². The molecule has 2 unspecified atom stereocenters. The average molecular weight is 314 g/mol. The molecule has 0 radical (unpaired) electrons. The lowest BCUT2D eigenvalue weighted by molar-refractivity contribution is -0.145. The zero-order valence-electron chi connectivity index (χ0n) is 10.5. The summed E-state index contributed by atoms with van der Waals surface area (Å²) in [6.45, 7) is 5.06. The summed E-state index contributed by atoms with van der Waals surface area (Å²) in [6.07, 6.45) is 0. The van der Waals surface area contributed by atoms with Gasteiger partial charge in [0.05, 0.1) is 5.92 Å². The van der Waals surface area contributed by atoms with E-state index >= 15 is 0 Å². The van der Waals surface area contributed by atoms with Gasteiger partial charge >= 0.3 is 5.97 Å². The number of anilines is 1. The van der Waals surface area contributed by atoms with Gasteiger partial charge in [0, 0.05) is 16.1 Å². The van der Waals surface area contributed by atoms with Gasteiger partial charge in [-0.3, -0.25) is 9.59 Å². The topological polar surface area (TPSA) is 66.4 Å². The number of hydrogen-bond acceptors (Lipinski definition) is 2. The fraction of sp³-hybridized carbons (Fsp3) is 0.385. The number of amides is 1. The van der Waals surface area contributed by atoms with E-state index in [2.05, 4.69) is 21.2 Å². The molecule has 5 heteroatoms. The van der Waals surface area contributed by atoms with Gasteiger partial charge in [-0.25, -0.2) is 0 Å². The van der Waals surface area contributed by atoms with Gasteiger partial charge in [0.15, 0.2) is 0 Å². The van der Waals surface area contributed by atoms with Crippen LogP contribution in [0.1, 0.15) is 19.4 Å². The average Bonchev–Trinajstić information content (AvgIpc) is 2.25. The molecule has 0 heterocycles.